The van der Waals surface area contributed by atoms with E-state index >= 15 is 0 Å². The second-order valence-electron chi connectivity index (χ2n) is 5.72. The summed E-state index contributed by atoms with van der Waals surface area (Å²) < 4.78 is 5.87. The number of hydrogen-bond donors (Lipinski definition) is 0. The first-order valence-corrected chi connectivity index (χ1v) is 6.24. The van der Waals surface area contributed by atoms with Crippen LogP contribution >= 0.6 is 0 Å². The van der Waals surface area contributed by atoms with Crippen molar-refractivity contribution in [1.82, 2.24) is 0 Å². The summed E-state index contributed by atoms with van der Waals surface area (Å²) in [6.45, 7) is 12.2. The molecule has 18 heavy (non-hydrogen) atoms. The Morgan fingerprint density at radius 2 is 1.61 bits per heavy atom. The van der Waals surface area contributed by atoms with Gasteiger partial charge >= 0.3 is 0 Å². The van der Waals surface area contributed by atoms with Crippen LogP contribution in [0.2, 0.25) is 0 Å². The summed E-state index contributed by atoms with van der Waals surface area (Å²) in [6, 6.07) is 12.6. The van der Waals surface area contributed by atoms with Gasteiger partial charge in [-0.05, 0) is 62.2 Å². The molecule has 1 heteroatoms. The molecule has 0 radical (unpaired) electrons. The van der Waals surface area contributed by atoms with Crippen molar-refractivity contribution in [3.63, 3.8) is 0 Å². The first-order valence-electron chi connectivity index (χ1n) is 6.24. The first kappa shape index (κ1) is 12.7. The molecular formula is C17H20O. The third-order valence-corrected chi connectivity index (χ3v) is 2.73. The average molecular weight is 240 g/mol. The van der Waals surface area contributed by atoms with E-state index < -0.39 is 0 Å². The van der Waals surface area contributed by atoms with Gasteiger partial charge in [-0.2, -0.15) is 0 Å². The molecule has 0 aliphatic rings. The molecule has 0 unspecified atom stereocenters. The molecule has 1 nitrogen and oxygen atoms in total. The molecule has 0 N–H and O–H groups in total. The summed E-state index contributed by atoms with van der Waals surface area (Å²) in [7, 11) is 0. The topological polar surface area (TPSA) is 9.23 Å². The van der Waals surface area contributed by atoms with Crippen LogP contribution in [-0.4, -0.2) is 5.60 Å². The number of ether oxygens (including phenoxy) is 1. The zero-order chi connectivity index (χ0) is 13.3. The van der Waals surface area contributed by atoms with Gasteiger partial charge in [0.1, 0.15) is 11.4 Å². The van der Waals surface area contributed by atoms with Crippen molar-refractivity contribution in [3.8, 4) is 5.75 Å². The molecule has 0 amide bonds. The van der Waals surface area contributed by atoms with Gasteiger partial charge in [0.05, 0.1) is 0 Å². The number of fused-ring (bicyclic) bond motifs is 1. The fourth-order valence-electron chi connectivity index (χ4n) is 1.91. The Morgan fingerprint density at radius 3 is 2.22 bits per heavy atom. The van der Waals surface area contributed by atoms with Crippen molar-refractivity contribution < 1.29 is 4.74 Å². The summed E-state index contributed by atoms with van der Waals surface area (Å²) in [5, 5.41) is 2.42. The molecule has 0 aliphatic heterocycles. The van der Waals surface area contributed by atoms with Crippen LogP contribution < -0.4 is 4.74 Å². The van der Waals surface area contributed by atoms with Gasteiger partial charge in [-0.3, -0.25) is 0 Å². The molecule has 0 heterocycles. The van der Waals surface area contributed by atoms with Gasteiger partial charge in [-0.1, -0.05) is 30.4 Å². The summed E-state index contributed by atoms with van der Waals surface area (Å²) in [5.74, 6) is 0.915. The van der Waals surface area contributed by atoms with Gasteiger partial charge in [0, 0.05) is 0 Å². The highest BCUT2D eigenvalue weighted by Crippen LogP contribution is 2.26. The summed E-state index contributed by atoms with van der Waals surface area (Å²) in [5.41, 5.74) is 2.12. The zero-order valence-electron chi connectivity index (χ0n) is 11.6. The van der Waals surface area contributed by atoms with E-state index in [-0.39, 0.29) is 5.60 Å². The SMILES string of the molecule is C=C(C)c1ccc2cc(OC(C)(C)C)ccc2c1. The summed E-state index contributed by atoms with van der Waals surface area (Å²) in [4.78, 5) is 0. The maximum Gasteiger partial charge on any atom is 0.120 e. The maximum atomic E-state index is 5.87. The highest BCUT2D eigenvalue weighted by atomic mass is 16.5. The fourth-order valence-corrected chi connectivity index (χ4v) is 1.91. The van der Waals surface area contributed by atoms with Crippen molar-refractivity contribution in [3.05, 3.63) is 48.5 Å². The van der Waals surface area contributed by atoms with E-state index in [1.165, 1.54) is 16.3 Å². The number of allylic oxidation sites excluding steroid dienone is 1. The van der Waals surface area contributed by atoms with Gasteiger partial charge < -0.3 is 4.74 Å². The minimum atomic E-state index is -0.161. The molecular weight excluding hydrogens is 220 g/mol. The Kier molecular flexibility index (Phi) is 3.16. The maximum absolute atomic E-state index is 5.87. The first-order chi connectivity index (χ1) is 8.35. The predicted molar refractivity (Wildman–Crippen MR) is 79.0 cm³/mol. The van der Waals surface area contributed by atoms with E-state index in [2.05, 4.69) is 57.7 Å². The third-order valence-electron chi connectivity index (χ3n) is 2.73. The van der Waals surface area contributed by atoms with Gasteiger partial charge in [-0.15, -0.1) is 0 Å². The largest absolute Gasteiger partial charge is 0.488 e. The molecule has 0 fully saturated rings. The second-order valence-corrected chi connectivity index (χ2v) is 5.72. The van der Waals surface area contributed by atoms with E-state index in [0.29, 0.717) is 0 Å². The van der Waals surface area contributed by atoms with E-state index in [1.54, 1.807) is 0 Å². The highest BCUT2D eigenvalue weighted by molar-refractivity contribution is 5.87. The Morgan fingerprint density at radius 1 is 1.00 bits per heavy atom. The fraction of sp³-hybridized carbons (Fsp3) is 0.294. The molecule has 0 atom stereocenters. The van der Waals surface area contributed by atoms with Gasteiger partial charge in [-0.25, -0.2) is 0 Å². The molecule has 2 rings (SSSR count). The lowest BCUT2D eigenvalue weighted by molar-refractivity contribution is 0.131. The monoisotopic (exact) mass is 240 g/mol. The van der Waals surface area contributed by atoms with Crippen molar-refractivity contribution in [2.24, 2.45) is 0 Å². The van der Waals surface area contributed by atoms with Crippen molar-refractivity contribution in [2.45, 2.75) is 33.3 Å². The van der Waals surface area contributed by atoms with Crippen LogP contribution in [0.5, 0.6) is 5.75 Å². The lowest BCUT2D eigenvalue weighted by Gasteiger charge is -2.21. The number of rotatable bonds is 2. The highest BCUT2D eigenvalue weighted by Gasteiger charge is 2.11. The Bertz CT molecular complexity index is 588. The van der Waals surface area contributed by atoms with E-state index in [1.807, 2.05) is 13.0 Å². The minimum Gasteiger partial charge on any atom is -0.488 e. The van der Waals surface area contributed by atoms with Crippen LogP contribution in [0.3, 0.4) is 0 Å². The standard InChI is InChI=1S/C17H20O/c1-12(2)13-6-7-15-11-16(18-17(3,4)5)9-8-14(15)10-13/h6-11H,1H2,2-5H3. The molecule has 2 aromatic rings. The van der Waals surface area contributed by atoms with Crippen molar-refractivity contribution in [2.75, 3.05) is 0 Å². The molecule has 0 bridgehead atoms. The Hall–Kier alpha value is -1.76. The number of benzene rings is 2. The van der Waals surface area contributed by atoms with E-state index in [0.717, 1.165) is 11.3 Å². The molecule has 0 aliphatic carbocycles. The number of hydrogen-bond acceptors (Lipinski definition) is 1. The van der Waals surface area contributed by atoms with E-state index in [9.17, 15) is 0 Å². The second kappa shape index (κ2) is 4.49. The third kappa shape index (κ3) is 2.92. The molecule has 0 aromatic heterocycles. The molecule has 0 saturated carbocycles. The summed E-state index contributed by atoms with van der Waals surface area (Å²) >= 11 is 0. The zero-order valence-corrected chi connectivity index (χ0v) is 11.6. The van der Waals surface area contributed by atoms with Gasteiger partial charge in [0.15, 0.2) is 0 Å². The van der Waals surface area contributed by atoms with Crippen LogP contribution in [0.15, 0.2) is 43.0 Å². The van der Waals surface area contributed by atoms with Crippen LogP contribution in [0.1, 0.15) is 33.3 Å². The normalized spacial score (nSPS) is 11.6. The lowest BCUT2D eigenvalue weighted by atomic mass is 10.0. The smallest absolute Gasteiger partial charge is 0.120 e. The van der Waals surface area contributed by atoms with Crippen LogP contribution in [0.4, 0.5) is 0 Å². The van der Waals surface area contributed by atoms with Crippen LogP contribution in [0.25, 0.3) is 16.3 Å². The predicted octanol–water partition coefficient (Wildman–Crippen LogP) is 5.05. The Labute approximate surface area is 109 Å². The van der Waals surface area contributed by atoms with Gasteiger partial charge in [0.2, 0.25) is 0 Å². The Balaban J connectivity index is 2.41. The average Bonchev–Trinajstić information content (AvgIpc) is 2.26. The lowest BCUT2D eigenvalue weighted by Crippen LogP contribution is -2.22. The summed E-state index contributed by atoms with van der Waals surface area (Å²) in [6.07, 6.45) is 0. The quantitative estimate of drug-likeness (QED) is 0.713. The van der Waals surface area contributed by atoms with E-state index in [4.69, 9.17) is 4.74 Å². The van der Waals surface area contributed by atoms with Crippen LogP contribution in [-0.2, 0) is 0 Å². The van der Waals surface area contributed by atoms with Crippen LogP contribution in [0, 0.1) is 0 Å². The van der Waals surface area contributed by atoms with Crippen molar-refractivity contribution >= 4 is 16.3 Å². The molecule has 94 valence electrons. The molecule has 0 saturated heterocycles. The molecule has 0 spiro atoms. The van der Waals surface area contributed by atoms with Gasteiger partial charge in [0.25, 0.3) is 0 Å². The minimum absolute atomic E-state index is 0.161. The molecule has 2 aromatic carbocycles. The van der Waals surface area contributed by atoms with Crippen molar-refractivity contribution in [1.29, 1.82) is 0 Å².